The summed E-state index contributed by atoms with van der Waals surface area (Å²) in [5.41, 5.74) is 8.75. The van der Waals surface area contributed by atoms with Crippen molar-refractivity contribution in [2.24, 2.45) is 0 Å². The van der Waals surface area contributed by atoms with Crippen molar-refractivity contribution in [3.05, 3.63) is 42.2 Å². The van der Waals surface area contributed by atoms with Crippen LogP contribution in [0.5, 0.6) is 0 Å². The molecular formula is C14H18N4. The third kappa shape index (κ3) is 2.65. The van der Waals surface area contributed by atoms with Crippen LogP contribution < -0.4 is 5.73 Å². The molecule has 1 aromatic carbocycles. The number of nitrogens with two attached hydrogens (primary N) is 1. The lowest BCUT2D eigenvalue weighted by atomic mass is 10.0. The molecule has 0 aliphatic rings. The van der Waals surface area contributed by atoms with Gasteiger partial charge in [-0.15, -0.1) is 0 Å². The number of nitrogen functional groups attached to an aromatic ring is 1. The lowest BCUT2D eigenvalue weighted by Gasteiger charge is -2.20. The first-order valence-corrected chi connectivity index (χ1v) is 5.92. The molecule has 1 unspecified atom stereocenters. The zero-order chi connectivity index (χ0) is 13.1. The summed E-state index contributed by atoms with van der Waals surface area (Å²) >= 11 is 0. The highest BCUT2D eigenvalue weighted by Gasteiger charge is 2.08. The van der Waals surface area contributed by atoms with Gasteiger partial charge in [0.05, 0.1) is 18.1 Å². The van der Waals surface area contributed by atoms with Gasteiger partial charge in [0.25, 0.3) is 0 Å². The van der Waals surface area contributed by atoms with Gasteiger partial charge in [-0.3, -0.25) is 4.98 Å². The second-order valence-corrected chi connectivity index (χ2v) is 4.59. The molecule has 0 spiro atoms. The predicted molar refractivity (Wildman–Crippen MR) is 74.0 cm³/mol. The molecule has 0 saturated heterocycles. The van der Waals surface area contributed by atoms with Crippen LogP contribution in [0.15, 0.2) is 36.7 Å². The van der Waals surface area contributed by atoms with Crippen LogP contribution in [0.3, 0.4) is 0 Å². The maximum absolute atomic E-state index is 5.63. The van der Waals surface area contributed by atoms with E-state index in [-0.39, 0.29) is 0 Å². The van der Waals surface area contributed by atoms with Crippen molar-refractivity contribution >= 4 is 5.82 Å². The van der Waals surface area contributed by atoms with Gasteiger partial charge in [-0.25, -0.2) is 4.98 Å². The molecule has 0 saturated carbocycles. The number of rotatable bonds is 3. The zero-order valence-electron chi connectivity index (χ0n) is 11.0. The first-order chi connectivity index (χ1) is 8.58. The fourth-order valence-electron chi connectivity index (χ4n) is 1.75. The van der Waals surface area contributed by atoms with Gasteiger partial charge in [-0.1, -0.05) is 24.3 Å². The molecule has 2 N–H and O–H groups in total. The van der Waals surface area contributed by atoms with Gasteiger partial charge in [0, 0.05) is 11.6 Å². The summed E-state index contributed by atoms with van der Waals surface area (Å²) in [6.45, 7) is 2.18. The van der Waals surface area contributed by atoms with Crippen molar-refractivity contribution in [3.63, 3.8) is 0 Å². The average molecular weight is 242 g/mol. The number of nitrogens with zero attached hydrogens (tertiary/aromatic N) is 3. The fourth-order valence-corrected chi connectivity index (χ4v) is 1.75. The lowest BCUT2D eigenvalue weighted by Crippen LogP contribution is -2.16. The zero-order valence-corrected chi connectivity index (χ0v) is 11.0. The third-order valence-corrected chi connectivity index (χ3v) is 3.12. The highest BCUT2D eigenvalue weighted by Crippen LogP contribution is 2.22. The predicted octanol–water partition coefficient (Wildman–Crippen LogP) is 2.35. The summed E-state index contributed by atoms with van der Waals surface area (Å²) in [6.07, 6.45) is 3.27. The minimum Gasteiger partial charge on any atom is -0.382 e. The van der Waals surface area contributed by atoms with Crippen LogP contribution in [0.4, 0.5) is 5.82 Å². The third-order valence-electron chi connectivity index (χ3n) is 3.12. The first kappa shape index (κ1) is 12.5. The van der Waals surface area contributed by atoms with Gasteiger partial charge in [-0.2, -0.15) is 0 Å². The second kappa shape index (κ2) is 5.14. The van der Waals surface area contributed by atoms with E-state index < -0.39 is 0 Å². The topological polar surface area (TPSA) is 55.0 Å². The van der Waals surface area contributed by atoms with Crippen molar-refractivity contribution in [3.8, 4) is 11.3 Å². The first-order valence-electron chi connectivity index (χ1n) is 5.92. The molecular weight excluding hydrogens is 224 g/mol. The quantitative estimate of drug-likeness (QED) is 0.897. The molecule has 0 bridgehead atoms. The molecule has 4 heteroatoms. The molecule has 0 aliphatic carbocycles. The Morgan fingerprint density at radius 3 is 2.33 bits per heavy atom. The molecule has 1 heterocycles. The average Bonchev–Trinajstić information content (AvgIpc) is 2.38. The maximum Gasteiger partial charge on any atom is 0.142 e. The van der Waals surface area contributed by atoms with E-state index in [0.29, 0.717) is 11.9 Å². The van der Waals surface area contributed by atoms with Gasteiger partial charge < -0.3 is 10.6 Å². The van der Waals surface area contributed by atoms with E-state index in [9.17, 15) is 0 Å². The summed E-state index contributed by atoms with van der Waals surface area (Å²) in [6, 6.07) is 8.74. The molecule has 2 rings (SSSR count). The Kier molecular flexibility index (Phi) is 3.58. The summed E-state index contributed by atoms with van der Waals surface area (Å²) in [7, 11) is 4.14. The van der Waals surface area contributed by atoms with E-state index in [1.807, 2.05) is 0 Å². The van der Waals surface area contributed by atoms with Crippen LogP contribution in [0.1, 0.15) is 18.5 Å². The summed E-state index contributed by atoms with van der Waals surface area (Å²) in [5.74, 6) is 0.443. The van der Waals surface area contributed by atoms with Crippen molar-refractivity contribution in [1.29, 1.82) is 0 Å². The number of benzene rings is 1. The number of anilines is 1. The van der Waals surface area contributed by atoms with Crippen molar-refractivity contribution in [2.45, 2.75) is 13.0 Å². The monoisotopic (exact) mass is 242 g/mol. The summed E-state index contributed by atoms with van der Waals surface area (Å²) in [5, 5.41) is 0. The van der Waals surface area contributed by atoms with Gasteiger partial charge in [0.15, 0.2) is 0 Å². The van der Waals surface area contributed by atoms with Crippen LogP contribution in [0, 0.1) is 0 Å². The highest BCUT2D eigenvalue weighted by atomic mass is 15.1. The van der Waals surface area contributed by atoms with Crippen molar-refractivity contribution in [1.82, 2.24) is 14.9 Å². The Labute approximate surface area is 107 Å². The van der Waals surface area contributed by atoms with Gasteiger partial charge in [-0.05, 0) is 26.6 Å². The van der Waals surface area contributed by atoms with Crippen molar-refractivity contribution < 1.29 is 0 Å². The van der Waals surface area contributed by atoms with E-state index >= 15 is 0 Å². The fraction of sp³-hybridized carbons (Fsp3) is 0.286. The SMILES string of the molecule is CC(c1ccc(-c2cncc(N)n2)cc1)N(C)C. The van der Waals surface area contributed by atoms with Gasteiger partial charge in [0.1, 0.15) is 5.82 Å². The van der Waals surface area contributed by atoms with Crippen LogP contribution in [-0.2, 0) is 0 Å². The molecule has 2 aromatic rings. The molecule has 0 radical (unpaired) electrons. The molecule has 94 valence electrons. The normalized spacial score (nSPS) is 12.7. The highest BCUT2D eigenvalue weighted by molar-refractivity contribution is 5.59. The number of hydrogen-bond acceptors (Lipinski definition) is 4. The van der Waals surface area contributed by atoms with Crippen LogP contribution in [0.2, 0.25) is 0 Å². The Balaban J connectivity index is 2.28. The standard InChI is InChI=1S/C14H18N4/c1-10(18(2)3)11-4-6-12(7-5-11)13-8-16-9-14(15)17-13/h4-10H,1-3H3,(H2,15,17). The summed E-state index contributed by atoms with van der Waals surface area (Å²) in [4.78, 5) is 10.5. The van der Waals surface area contributed by atoms with E-state index in [1.165, 1.54) is 5.56 Å². The Morgan fingerprint density at radius 1 is 1.11 bits per heavy atom. The molecule has 0 amide bonds. The Hall–Kier alpha value is -1.94. The van der Waals surface area contributed by atoms with E-state index in [2.05, 4.69) is 60.2 Å². The maximum atomic E-state index is 5.63. The lowest BCUT2D eigenvalue weighted by molar-refractivity contribution is 0.321. The van der Waals surface area contributed by atoms with Gasteiger partial charge >= 0.3 is 0 Å². The van der Waals surface area contributed by atoms with E-state index in [1.54, 1.807) is 12.4 Å². The largest absolute Gasteiger partial charge is 0.382 e. The Morgan fingerprint density at radius 2 is 1.78 bits per heavy atom. The summed E-state index contributed by atoms with van der Waals surface area (Å²) < 4.78 is 0. The number of hydrogen-bond donors (Lipinski definition) is 1. The molecule has 1 atom stereocenters. The van der Waals surface area contributed by atoms with Crippen LogP contribution >= 0.6 is 0 Å². The molecule has 18 heavy (non-hydrogen) atoms. The smallest absolute Gasteiger partial charge is 0.142 e. The Bertz CT molecular complexity index is 520. The van der Waals surface area contributed by atoms with Crippen LogP contribution in [-0.4, -0.2) is 29.0 Å². The second-order valence-electron chi connectivity index (χ2n) is 4.59. The van der Waals surface area contributed by atoms with E-state index in [4.69, 9.17) is 5.73 Å². The van der Waals surface area contributed by atoms with E-state index in [0.717, 1.165) is 11.3 Å². The minimum atomic E-state index is 0.394. The molecule has 0 fully saturated rings. The van der Waals surface area contributed by atoms with Crippen molar-refractivity contribution in [2.75, 3.05) is 19.8 Å². The molecule has 4 nitrogen and oxygen atoms in total. The van der Waals surface area contributed by atoms with Crippen LogP contribution in [0.25, 0.3) is 11.3 Å². The molecule has 0 aliphatic heterocycles. The molecule has 1 aromatic heterocycles. The minimum absolute atomic E-state index is 0.394. The number of aromatic nitrogens is 2. The van der Waals surface area contributed by atoms with Gasteiger partial charge in [0.2, 0.25) is 0 Å².